The molecule has 1 amide bonds. The predicted octanol–water partition coefficient (Wildman–Crippen LogP) is 6.40. The molecule has 0 aliphatic heterocycles. The summed E-state index contributed by atoms with van der Waals surface area (Å²) < 4.78 is 11.0. The first kappa shape index (κ1) is 23.0. The second kappa shape index (κ2) is 10.2. The van der Waals surface area contributed by atoms with Gasteiger partial charge in [0.05, 0.1) is 6.42 Å². The summed E-state index contributed by atoms with van der Waals surface area (Å²) in [5.41, 5.74) is 4.62. The van der Waals surface area contributed by atoms with Crippen molar-refractivity contribution in [3.8, 4) is 11.3 Å². The number of nitrogens with one attached hydrogen (secondary N) is 1. The van der Waals surface area contributed by atoms with Gasteiger partial charge in [-0.05, 0) is 37.0 Å². The van der Waals surface area contributed by atoms with Gasteiger partial charge in [0.2, 0.25) is 0 Å². The van der Waals surface area contributed by atoms with Gasteiger partial charge in [0.15, 0.2) is 5.76 Å². The fourth-order valence-electron chi connectivity index (χ4n) is 3.90. The van der Waals surface area contributed by atoms with E-state index in [1.807, 2.05) is 79.7 Å². The maximum absolute atomic E-state index is 12.5. The van der Waals surface area contributed by atoms with Gasteiger partial charge in [-0.25, -0.2) is 4.79 Å². The minimum absolute atomic E-state index is 0.0370. The van der Waals surface area contributed by atoms with Crippen LogP contribution in [0.4, 0.5) is 10.5 Å². The highest BCUT2D eigenvalue weighted by molar-refractivity contribution is 5.90. The Morgan fingerprint density at radius 3 is 2.56 bits per heavy atom. The zero-order valence-electron chi connectivity index (χ0n) is 19.0. The Bertz CT molecular complexity index is 1230. The summed E-state index contributed by atoms with van der Waals surface area (Å²) in [6, 6.07) is 17.3. The highest BCUT2D eigenvalue weighted by Crippen LogP contribution is 2.34. The molecule has 4 rings (SSSR count). The van der Waals surface area contributed by atoms with Gasteiger partial charge >= 0.3 is 12.1 Å². The molecule has 174 valence electrons. The number of ether oxygens (including phenoxy) is 1. The minimum Gasteiger partial charge on any atom is -0.481 e. The molecule has 2 atom stereocenters. The number of allylic oxidation sites excluding steroid dienone is 3. The number of anilines is 1. The Labute approximate surface area is 197 Å². The van der Waals surface area contributed by atoms with Crippen LogP contribution in [-0.4, -0.2) is 22.3 Å². The molecule has 1 aromatic heterocycles. The van der Waals surface area contributed by atoms with Crippen molar-refractivity contribution >= 4 is 17.7 Å². The zero-order valence-corrected chi connectivity index (χ0v) is 19.0. The lowest BCUT2D eigenvalue weighted by molar-refractivity contribution is -0.136. The number of amides is 1. The summed E-state index contributed by atoms with van der Waals surface area (Å²) in [5.74, 6) is -0.199. The number of hydrogen-bond acceptors (Lipinski definition) is 5. The number of aliphatic carboxylic acids is 1. The first-order valence-corrected chi connectivity index (χ1v) is 11.1. The number of aryl methyl sites for hydroxylation is 1. The summed E-state index contributed by atoms with van der Waals surface area (Å²) in [7, 11) is 0. The highest BCUT2D eigenvalue weighted by Gasteiger charge is 2.20. The number of carboxylic acids is 1. The fourth-order valence-corrected chi connectivity index (χ4v) is 3.90. The standard InChI is InChI=1S/C27H26N2O5/c1-17-25(28-27(32)33-18(2)20-6-4-3-5-7-20)26(34-29-17)23-14-12-22(13-15-23)21-10-8-19(9-11-21)16-24(30)31/h3-10,12-15,18,21H,11,16H2,1-2H3,(H,28,32)(H,30,31)/t18-,21?/m1/s1. The van der Waals surface area contributed by atoms with Gasteiger partial charge in [0.1, 0.15) is 17.5 Å². The molecule has 1 aliphatic carbocycles. The van der Waals surface area contributed by atoms with E-state index in [0.717, 1.165) is 28.7 Å². The number of nitrogens with zero attached hydrogens (tertiary/aromatic N) is 1. The molecule has 1 aliphatic rings. The number of hydrogen-bond donors (Lipinski definition) is 2. The van der Waals surface area contributed by atoms with E-state index >= 15 is 0 Å². The summed E-state index contributed by atoms with van der Waals surface area (Å²) >= 11 is 0. The monoisotopic (exact) mass is 458 g/mol. The Morgan fingerprint density at radius 2 is 1.91 bits per heavy atom. The third kappa shape index (κ3) is 5.43. The lowest BCUT2D eigenvalue weighted by Gasteiger charge is -2.16. The number of aromatic nitrogens is 1. The molecule has 0 fully saturated rings. The molecular weight excluding hydrogens is 432 g/mol. The lowest BCUT2D eigenvalue weighted by atomic mass is 9.89. The lowest BCUT2D eigenvalue weighted by Crippen LogP contribution is -2.16. The molecule has 1 unspecified atom stereocenters. The predicted molar refractivity (Wildman–Crippen MR) is 128 cm³/mol. The normalized spacial score (nSPS) is 15.9. The van der Waals surface area contributed by atoms with Gasteiger partial charge in [-0.2, -0.15) is 0 Å². The molecule has 2 N–H and O–H groups in total. The van der Waals surface area contributed by atoms with Crippen molar-refractivity contribution in [2.24, 2.45) is 0 Å². The third-order valence-corrected chi connectivity index (χ3v) is 5.78. The highest BCUT2D eigenvalue weighted by atomic mass is 16.6. The van der Waals surface area contributed by atoms with Crippen molar-refractivity contribution in [3.05, 3.63) is 95.2 Å². The molecule has 0 saturated carbocycles. The average molecular weight is 459 g/mol. The van der Waals surface area contributed by atoms with E-state index in [4.69, 9.17) is 14.4 Å². The van der Waals surface area contributed by atoms with Crippen LogP contribution in [0.3, 0.4) is 0 Å². The topological polar surface area (TPSA) is 102 Å². The summed E-state index contributed by atoms with van der Waals surface area (Å²) in [4.78, 5) is 23.4. The fraction of sp³-hybridized carbons (Fsp3) is 0.222. The molecular formula is C27H26N2O5. The van der Waals surface area contributed by atoms with Crippen molar-refractivity contribution < 1.29 is 24.0 Å². The number of benzene rings is 2. The van der Waals surface area contributed by atoms with Crippen LogP contribution in [0, 0.1) is 6.92 Å². The van der Waals surface area contributed by atoms with Crippen LogP contribution in [-0.2, 0) is 9.53 Å². The Morgan fingerprint density at radius 1 is 1.18 bits per heavy atom. The van der Waals surface area contributed by atoms with Crippen LogP contribution in [0.15, 0.2) is 82.9 Å². The van der Waals surface area contributed by atoms with Crippen LogP contribution in [0.25, 0.3) is 11.3 Å². The third-order valence-electron chi connectivity index (χ3n) is 5.78. The quantitative estimate of drug-likeness (QED) is 0.424. The smallest absolute Gasteiger partial charge is 0.412 e. The van der Waals surface area contributed by atoms with E-state index < -0.39 is 18.2 Å². The summed E-state index contributed by atoms with van der Waals surface area (Å²) in [5, 5.41) is 15.7. The number of carboxylic acid groups (broad SMARTS) is 1. The molecule has 0 radical (unpaired) electrons. The SMILES string of the molecule is Cc1noc(-c2ccc(C3C=CC(CC(=O)O)=CC3)cc2)c1NC(=O)O[C@H](C)c1ccccc1. The Hall–Kier alpha value is -4.13. The molecule has 7 heteroatoms. The molecule has 7 nitrogen and oxygen atoms in total. The second-order valence-electron chi connectivity index (χ2n) is 8.23. The molecule has 0 bridgehead atoms. The van der Waals surface area contributed by atoms with Gasteiger partial charge in [-0.3, -0.25) is 10.1 Å². The molecule has 34 heavy (non-hydrogen) atoms. The first-order chi connectivity index (χ1) is 16.4. The number of rotatable bonds is 7. The van der Waals surface area contributed by atoms with E-state index in [-0.39, 0.29) is 12.3 Å². The maximum atomic E-state index is 12.5. The summed E-state index contributed by atoms with van der Waals surface area (Å²) in [6.07, 6.45) is 5.67. The van der Waals surface area contributed by atoms with E-state index in [1.165, 1.54) is 0 Å². The van der Waals surface area contributed by atoms with E-state index in [9.17, 15) is 9.59 Å². The van der Waals surface area contributed by atoms with Crippen LogP contribution in [0.5, 0.6) is 0 Å². The van der Waals surface area contributed by atoms with Gasteiger partial charge in [0, 0.05) is 11.5 Å². The van der Waals surface area contributed by atoms with Crippen LogP contribution >= 0.6 is 0 Å². The van der Waals surface area contributed by atoms with Crippen molar-refractivity contribution in [2.75, 3.05) is 5.32 Å². The molecule has 1 heterocycles. The Balaban J connectivity index is 1.44. The summed E-state index contributed by atoms with van der Waals surface area (Å²) in [6.45, 7) is 3.57. The van der Waals surface area contributed by atoms with Crippen molar-refractivity contribution in [1.29, 1.82) is 0 Å². The van der Waals surface area contributed by atoms with Gasteiger partial charge in [-0.15, -0.1) is 0 Å². The maximum Gasteiger partial charge on any atom is 0.412 e. The number of carbonyl (C=O) groups is 2. The first-order valence-electron chi connectivity index (χ1n) is 11.1. The van der Waals surface area contributed by atoms with Crippen molar-refractivity contribution in [1.82, 2.24) is 5.16 Å². The van der Waals surface area contributed by atoms with Gasteiger partial charge < -0.3 is 14.4 Å². The zero-order chi connectivity index (χ0) is 24.1. The molecule has 2 aromatic carbocycles. The second-order valence-corrected chi connectivity index (χ2v) is 8.23. The van der Waals surface area contributed by atoms with E-state index in [2.05, 4.69) is 10.5 Å². The number of carbonyl (C=O) groups excluding carboxylic acids is 1. The van der Waals surface area contributed by atoms with Crippen molar-refractivity contribution in [3.63, 3.8) is 0 Å². The van der Waals surface area contributed by atoms with E-state index in [1.54, 1.807) is 6.92 Å². The van der Waals surface area contributed by atoms with Crippen LogP contribution in [0.2, 0.25) is 0 Å². The van der Waals surface area contributed by atoms with Crippen molar-refractivity contribution in [2.45, 2.75) is 38.7 Å². The Kier molecular flexibility index (Phi) is 6.92. The molecule has 0 saturated heterocycles. The molecule has 3 aromatic rings. The van der Waals surface area contributed by atoms with E-state index in [0.29, 0.717) is 17.1 Å². The van der Waals surface area contributed by atoms with Crippen LogP contribution < -0.4 is 5.32 Å². The van der Waals surface area contributed by atoms with Gasteiger partial charge in [-0.1, -0.05) is 78.0 Å². The largest absolute Gasteiger partial charge is 0.481 e. The average Bonchev–Trinajstić information content (AvgIpc) is 3.19. The van der Waals surface area contributed by atoms with Crippen LogP contribution in [0.1, 0.15) is 48.6 Å². The molecule has 0 spiro atoms. The minimum atomic E-state index is -0.830. The van der Waals surface area contributed by atoms with Gasteiger partial charge in [0.25, 0.3) is 0 Å².